The van der Waals surface area contributed by atoms with Crippen molar-refractivity contribution in [3.63, 3.8) is 0 Å². The largest absolute Gasteiger partial charge is 0.392 e. The van der Waals surface area contributed by atoms with Crippen LogP contribution in [0.3, 0.4) is 0 Å². The number of aliphatic hydroxyl groups is 1. The van der Waals surface area contributed by atoms with E-state index < -0.39 is 0 Å². The van der Waals surface area contributed by atoms with Gasteiger partial charge in [0.1, 0.15) is 0 Å². The Bertz CT molecular complexity index is 346. The summed E-state index contributed by atoms with van der Waals surface area (Å²) in [5.74, 6) is 0.781. The molecule has 0 bridgehead atoms. The lowest BCUT2D eigenvalue weighted by Crippen LogP contribution is -2.32. The molecule has 1 heterocycles. The van der Waals surface area contributed by atoms with Gasteiger partial charge in [-0.1, -0.05) is 12.1 Å². The second-order valence-corrected chi connectivity index (χ2v) is 4.99. The third kappa shape index (κ3) is 3.72. The van der Waals surface area contributed by atoms with Gasteiger partial charge < -0.3 is 15.3 Å². The van der Waals surface area contributed by atoms with Gasteiger partial charge in [-0.3, -0.25) is 0 Å². The number of likely N-dealkylation sites (tertiary alicyclic amines) is 1. The maximum absolute atomic E-state index is 9.07. The fourth-order valence-electron chi connectivity index (χ4n) is 2.31. The van der Waals surface area contributed by atoms with E-state index >= 15 is 0 Å². The molecule has 0 saturated carbocycles. The van der Waals surface area contributed by atoms with Crippen molar-refractivity contribution in [1.82, 2.24) is 4.90 Å². The van der Waals surface area contributed by atoms with Crippen molar-refractivity contribution in [3.05, 3.63) is 29.8 Å². The zero-order chi connectivity index (χ0) is 12.1. The maximum Gasteiger partial charge on any atom is 0.0682 e. The number of anilines is 1. The highest BCUT2D eigenvalue weighted by Crippen LogP contribution is 2.17. The predicted molar refractivity (Wildman–Crippen MR) is 71.1 cm³/mol. The summed E-state index contributed by atoms with van der Waals surface area (Å²) in [7, 11) is 2.19. The van der Waals surface area contributed by atoms with Gasteiger partial charge in [0.2, 0.25) is 0 Å². The van der Waals surface area contributed by atoms with Crippen LogP contribution >= 0.6 is 0 Å². The molecule has 1 saturated heterocycles. The highest BCUT2D eigenvalue weighted by molar-refractivity contribution is 5.45. The van der Waals surface area contributed by atoms with Crippen molar-refractivity contribution < 1.29 is 5.11 Å². The van der Waals surface area contributed by atoms with Crippen LogP contribution in [0.2, 0.25) is 0 Å². The van der Waals surface area contributed by atoms with Gasteiger partial charge in [-0.25, -0.2) is 0 Å². The monoisotopic (exact) mass is 234 g/mol. The summed E-state index contributed by atoms with van der Waals surface area (Å²) in [6.07, 6.45) is 2.56. The predicted octanol–water partition coefficient (Wildman–Crippen LogP) is 1.93. The average molecular weight is 234 g/mol. The molecule has 1 aromatic rings. The number of piperidine rings is 1. The van der Waals surface area contributed by atoms with Gasteiger partial charge in [0.25, 0.3) is 0 Å². The Morgan fingerprint density at radius 2 is 2.12 bits per heavy atom. The first-order valence-corrected chi connectivity index (χ1v) is 6.40. The van der Waals surface area contributed by atoms with Crippen LogP contribution in [0.1, 0.15) is 18.4 Å². The third-order valence-corrected chi connectivity index (χ3v) is 3.54. The van der Waals surface area contributed by atoms with E-state index in [2.05, 4.69) is 23.3 Å². The molecule has 2 rings (SSSR count). The molecular formula is C14H22N2O. The maximum atomic E-state index is 9.07. The lowest BCUT2D eigenvalue weighted by molar-refractivity contribution is 0.226. The molecule has 17 heavy (non-hydrogen) atoms. The molecule has 3 nitrogen and oxygen atoms in total. The highest BCUT2D eigenvalue weighted by Gasteiger charge is 2.15. The minimum Gasteiger partial charge on any atom is -0.392 e. The quantitative estimate of drug-likeness (QED) is 0.835. The van der Waals surface area contributed by atoms with E-state index in [1.807, 2.05) is 18.2 Å². The number of rotatable bonds is 4. The Kier molecular flexibility index (Phi) is 4.40. The summed E-state index contributed by atoms with van der Waals surface area (Å²) in [6.45, 7) is 3.58. The van der Waals surface area contributed by atoms with Crippen molar-refractivity contribution >= 4 is 5.69 Å². The Labute approximate surface area is 103 Å². The Morgan fingerprint density at radius 3 is 2.82 bits per heavy atom. The summed E-state index contributed by atoms with van der Waals surface area (Å²) in [4.78, 5) is 2.39. The number of aliphatic hydroxyl groups excluding tert-OH is 1. The number of nitrogens with one attached hydrogen (secondary N) is 1. The van der Waals surface area contributed by atoms with Crippen molar-refractivity contribution in [2.24, 2.45) is 5.92 Å². The van der Waals surface area contributed by atoms with Crippen molar-refractivity contribution in [2.45, 2.75) is 19.4 Å². The molecule has 0 spiro atoms. The van der Waals surface area contributed by atoms with Gasteiger partial charge in [0.05, 0.1) is 6.61 Å². The second-order valence-electron chi connectivity index (χ2n) is 4.99. The molecular weight excluding hydrogens is 212 g/mol. The van der Waals surface area contributed by atoms with E-state index in [9.17, 15) is 0 Å². The summed E-state index contributed by atoms with van der Waals surface area (Å²) >= 11 is 0. The molecule has 1 aromatic carbocycles. The normalized spacial score (nSPS) is 18.2. The highest BCUT2D eigenvalue weighted by atomic mass is 16.3. The standard InChI is InChI=1S/C14H22N2O/c1-16-7-5-12(6-8-16)10-15-14-4-2-3-13(9-14)11-17/h2-4,9,12,15,17H,5-8,10-11H2,1H3. The molecule has 1 aliphatic heterocycles. The SMILES string of the molecule is CN1CCC(CNc2cccc(CO)c2)CC1. The van der Waals surface area contributed by atoms with Crippen molar-refractivity contribution in [3.8, 4) is 0 Å². The number of nitrogens with zero attached hydrogens (tertiary/aromatic N) is 1. The van der Waals surface area contributed by atoms with E-state index in [0.29, 0.717) is 0 Å². The van der Waals surface area contributed by atoms with Gasteiger partial charge in [0.15, 0.2) is 0 Å². The van der Waals surface area contributed by atoms with E-state index in [1.165, 1.54) is 25.9 Å². The van der Waals surface area contributed by atoms with Crippen LogP contribution < -0.4 is 5.32 Å². The fraction of sp³-hybridized carbons (Fsp3) is 0.571. The van der Waals surface area contributed by atoms with Crippen LogP contribution in [0.15, 0.2) is 24.3 Å². The van der Waals surface area contributed by atoms with Crippen molar-refractivity contribution in [1.29, 1.82) is 0 Å². The fourth-order valence-corrected chi connectivity index (χ4v) is 2.31. The van der Waals surface area contributed by atoms with Crippen LogP contribution in [-0.4, -0.2) is 36.7 Å². The van der Waals surface area contributed by atoms with Crippen LogP contribution in [-0.2, 0) is 6.61 Å². The first-order valence-electron chi connectivity index (χ1n) is 6.40. The van der Waals surface area contributed by atoms with Crippen LogP contribution in [0, 0.1) is 5.92 Å². The van der Waals surface area contributed by atoms with E-state index in [1.54, 1.807) is 0 Å². The number of hydrogen-bond acceptors (Lipinski definition) is 3. The smallest absolute Gasteiger partial charge is 0.0682 e. The minimum absolute atomic E-state index is 0.115. The van der Waals surface area contributed by atoms with Gasteiger partial charge >= 0.3 is 0 Å². The van der Waals surface area contributed by atoms with Gasteiger partial charge in [0, 0.05) is 12.2 Å². The summed E-state index contributed by atoms with van der Waals surface area (Å²) in [5, 5.41) is 12.5. The topological polar surface area (TPSA) is 35.5 Å². The molecule has 0 radical (unpaired) electrons. The molecule has 1 aliphatic rings. The van der Waals surface area contributed by atoms with Gasteiger partial charge in [-0.15, -0.1) is 0 Å². The first kappa shape index (κ1) is 12.4. The van der Waals surface area contributed by atoms with Crippen LogP contribution in [0.5, 0.6) is 0 Å². The molecule has 2 N–H and O–H groups in total. The molecule has 0 atom stereocenters. The molecule has 0 unspecified atom stereocenters. The molecule has 0 amide bonds. The lowest BCUT2D eigenvalue weighted by atomic mass is 9.97. The van der Waals surface area contributed by atoms with Gasteiger partial charge in [-0.2, -0.15) is 0 Å². The van der Waals surface area contributed by atoms with Crippen LogP contribution in [0.4, 0.5) is 5.69 Å². The number of hydrogen-bond donors (Lipinski definition) is 2. The minimum atomic E-state index is 0.115. The summed E-state index contributed by atoms with van der Waals surface area (Å²) < 4.78 is 0. The summed E-state index contributed by atoms with van der Waals surface area (Å²) in [6, 6.07) is 8.02. The zero-order valence-corrected chi connectivity index (χ0v) is 10.5. The van der Waals surface area contributed by atoms with Gasteiger partial charge in [-0.05, 0) is 56.6 Å². The average Bonchev–Trinajstić information content (AvgIpc) is 2.38. The van der Waals surface area contributed by atoms with E-state index in [4.69, 9.17) is 5.11 Å². The van der Waals surface area contributed by atoms with E-state index in [-0.39, 0.29) is 6.61 Å². The molecule has 94 valence electrons. The molecule has 1 fully saturated rings. The second kappa shape index (κ2) is 6.03. The van der Waals surface area contributed by atoms with Crippen LogP contribution in [0.25, 0.3) is 0 Å². The molecule has 3 heteroatoms. The Morgan fingerprint density at radius 1 is 1.35 bits per heavy atom. The summed E-state index contributed by atoms with van der Waals surface area (Å²) in [5.41, 5.74) is 2.09. The molecule has 0 aliphatic carbocycles. The Hall–Kier alpha value is -1.06. The number of benzene rings is 1. The molecule has 0 aromatic heterocycles. The third-order valence-electron chi connectivity index (χ3n) is 3.54. The van der Waals surface area contributed by atoms with Crippen molar-refractivity contribution in [2.75, 3.05) is 32.0 Å². The zero-order valence-electron chi connectivity index (χ0n) is 10.5. The lowest BCUT2D eigenvalue weighted by Gasteiger charge is -2.29. The van der Waals surface area contributed by atoms with E-state index in [0.717, 1.165) is 23.7 Å². The first-order chi connectivity index (χ1) is 8.28. The Balaban J connectivity index is 1.81.